The van der Waals surface area contributed by atoms with Gasteiger partial charge in [-0.15, -0.1) is 10.2 Å². The lowest BCUT2D eigenvalue weighted by Gasteiger charge is -2.32. The maximum atomic E-state index is 13.2. The third kappa shape index (κ3) is 2.37. The molecule has 11 nitrogen and oxygen atoms in total. The molecule has 136 valence electrons. The summed E-state index contributed by atoms with van der Waals surface area (Å²) in [7, 11) is -4.25. The quantitative estimate of drug-likeness (QED) is 0.663. The number of hydrogen-bond donors (Lipinski definition) is 1. The normalized spacial score (nSPS) is 18.2. The summed E-state index contributed by atoms with van der Waals surface area (Å²) < 4.78 is 33.4. The first-order chi connectivity index (χ1) is 12.3. The van der Waals surface area contributed by atoms with Gasteiger partial charge in [0.05, 0.1) is 18.1 Å². The number of sulfonamides is 1. The van der Waals surface area contributed by atoms with Gasteiger partial charge in [-0.25, -0.2) is 13.0 Å². The minimum atomic E-state index is -4.25. The van der Waals surface area contributed by atoms with Crippen molar-refractivity contribution in [2.45, 2.75) is 31.0 Å². The monoisotopic (exact) mass is 398 g/mol. The predicted molar refractivity (Wildman–Crippen MR) is 85.7 cm³/mol. The van der Waals surface area contributed by atoms with Gasteiger partial charge in [-0.1, -0.05) is 11.6 Å². The van der Waals surface area contributed by atoms with E-state index < -0.39 is 22.0 Å². The topological polar surface area (TPSA) is 144 Å². The highest BCUT2D eigenvalue weighted by Crippen LogP contribution is 2.31. The summed E-state index contributed by atoms with van der Waals surface area (Å²) in [6.07, 6.45) is 0. The zero-order valence-electron chi connectivity index (χ0n) is 13.2. The average molecular weight is 399 g/mol. The number of rotatable bonds is 3. The molecule has 4 rings (SSSR count). The van der Waals surface area contributed by atoms with E-state index in [9.17, 15) is 18.3 Å². The number of benzene rings is 1. The summed E-state index contributed by atoms with van der Waals surface area (Å²) >= 11 is 5.97. The molecule has 1 atom stereocenters. The molecule has 3 heterocycles. The van der Waals surface area contributed by atoms with Crippen molar-refractivity contribution in [3.05, 3.63) is 28.8 Å². The van der Waals surface area contributed by atoms with Crippen LogP contribution in [0.5, 0.6) is 0 Å². The van der Waals surface area contributed by atoms with Crippen molar-refractivity contribution in [1.29, 1.82) is 0 Å². The van der Waals surface area contributed by atoms with Gasteiger partial charge in [0, 0.05) is 0 Å². The zero-order chi connectivity index (χ0) is 18.6. The maximum absolute atomic E-state index is 13.2. The second-order valence-electron chi connectivity index (χ2n) is 5.69. The number of carbonyl (C=O) groups is 1. The second-order valence-corrected chi connectivity index (χ2v) is 7.95. The van der Waals surface area contributed by atoms with E-state index >= 15 is 0 Å². The van der Waals surface area contributed by atoms with Crippen LogP contribution in [0.3, 0.4) is 0 Å². The lowest BCUT2D eigenvalue weighted by Crippen LogP contribution is -2.50. The molecule has 0 amide bonds. The molecule has 0 saturated heterocycles. The molecule has 1 unspecified atom stereocenters. The summed E-state index contributed by atoms with van der Waals surface area (Å²) in [6.45, 7) is 1.33. The zero-order valence-corrected chi connectivity index (χ0v) is 14.8. The van der Waals surface area contributed by atoms with Crippen molar-refractivity contribution in [1.82, 2.24) is 29.4 Å². The second kappa shape index (κ2) is 5.72. The molecule has 0 bridgehead atoms. The average Bonchev–Trinajstić information content (AvgIpc) is 3.21. The standard InChI is InChI=1S/C13H11ClN6O5S/c1-6-15-16-10-5-20(8(13(21)22)4-19(6)10)26(23,24)9-3-2-7(14)11-12(9)18-25-17-11/h2-3,8H,4-5H2,1H3,(H,21,22). The van der Waals surface area contributed by atoms with Crippen molar-refractivity contribution in [3.8, 4) is 0 Å². The molecule has 26 heavy (non-hydrogen) atoms. The van der Waals surface area contributed by atoms with Gasteiger partial charge >= 0.3 is 5.97 Å². The smallest absolute Gasteiger partial charge is 0.323 e. The highest BCUT2D eigenvalue weighted by Gasteiger charge is 2.42. The van der Waals surface area contributed by atoms with Crippen LogP contribution in [-0.2, 0) is 27.9 Å². The van der Waals surface area contributed by atoms with E-state index in [-0.39, 0.29) is 34.0 Å². The number of halogens is 1. The number of aromatic nitrogens is 5. The van der Waals surface area contributed by atoms with E-state index in [1.807, 2.05) is 0 Å². The molecule has 1 aromatic carbocycles. The predicted octanol–water partition coefficient (Wildman–Crippen LogP) is 0.434. The first-order valence-corrected chi connectivity index (χ1v) is 9.16. The molecular weight excluding hydrogens is 388 g/mol. The Balaban J connectivity index is 1.87. The van der Waals surface area contributed by atoms with E-state index in [1.165, 1.54) is 12.1 Å². The van der Waals surface area contributed by atoms with Gasteiger partial charge in [-0.05, 0) is 29.4 Å². The first kappa shape index (κ1) is 16.9. The Morgan fingerprint density at radius 2 is 2.04 bits per heavy atom. The van der Waals surface area contributed by atoms with E-state index in [2.05, 4.69) is 25.1 Å². The SMILES string of the molecule is Cc1nnc2n1CC(C(=O)O)N(S(=O)(=O)c1ccc(Cl)c3nonc13)C2. The summed E-state index contributed by atoms with van der Waals surface area (Å²) in [5.74, 6) is -0.416. The first-order valence-electron chi connectivity index (χ1n) is 7.35. The molecule has 13 heteroatoms. The van der Waals surface area contributed by atoms with E-state index in [0.717, 1.165) is 4.31 Å². The molecule has 1 aliphatic rings. The Hall–Kier alpha value is -2.57. The molecule has 0 fully saturated rings. The van der Waals surface area contributed by atoms with E-state index in [0.29, 0.717) is 11.6 Å². The van der Waals surface area contributed by atoms with Gasteiger partial charge in [-0.3, -0.25) is 4.79 Å². The fraction of sp³-hybridized carbons (Fsp3) is 0.308. The number of carboxylic acid groups (broad SMARTS) is 1. The molecule has 0 radical (unpaired) electrons. The van der Waals surface area contributed by atoms with Crippen molar-refractivity contribution in [2.24, 2.45) is 0 Å². The molecule has 1 aliphatic heterocycles. The van der Waals surface area contributed by atoms with E-state index in [4.69, 9.17) is 11.6 Å². The lowest BCUT2D eigenvalue weighted by atomic mass is 10.2. The highest BCUT2D eigenvalue weighted by molar-refractivity contribution is 7.89. The Kier molecular flexibility index (Phi) is 3.71. The molecule has 1 N–H and O–H groups in total. The number of nitrogens with zero attached hydrogens (tertiary/aromatic N) is 6. The number of carboxylic acids is 1. The Labute approximate surface area is 151 Å². The Morgan fingerprint density at radius 3 is 2.77 bits per heavy atom. The Morgan fingerprint density at radius 1 is 1.31 bits per heavy atom. The third-order valence-electron chi connectivity index (χ3n) is 4.21. The summed E-state index contributed by atoms with van der Waals surface area (Å²) in [6, 6.07) is 1.26. The van der Waals surface area contributed by atoms with E-state index in [1.54, 1.807) is 11.5 Å². The van der Waals surface area contributed by atoms with Crippen LogP contribution < -0.4 is 0 Å². The van der Waals surface area contributed by atoms with Gasteiger partial charge in [0.15, 0.2) is 11.0 Å². The molecule has 0 spiro atoms. The van der Waals surface area contributed by atoms with Gasteiger partial charge in [0.1, 0.15) is 22.6 Å². The molecule has 3 aromatic rings. The fourth-order valence-corrected chi connectivity index (χ4v) is 4.73. The number of aryl methyl sites for hydroxylation is 1. The molecule has 2 aromatic heterocycles. The third-order valence-corrected chi connectivity index (χ3v) is 6.40. The highest BCUT2D eigenvalue weighted by atomic mass is 35.5. The number of aliphatic carboxylic acids is 1. The van der Waals surface area contributed by atoms with Crippen LogP contribution in [0.25, 0.3) is 11.0 Å². The maximum Gasteiger partial charge on any atom is 0.323 e. The van der Waals surface area contributed by atoms with Crippen molar-refractivity contribution in [3.63, 3.8) is 0 Å². The summed E-state index contributed by atoms with van der Waals surface area (Å²) in [4.78, 5) is 11.5. The van der Waals surface area contributed by atoms with Gasteiger partial charge in [0.2, 0.25) is 10.0 Å². The van der Waals surface area contributed by atoms with Crippen molar-refractivity contribution < 1.29 is 22.9 Å². The van der Waals surface area contributed by atoms with Crippen molar-refractivity contribution >= 4 is 38.6 Å². The largest absolute Gasteiger partial charge is 0.480 e. The molecular formula is C13H11ClN6O5S. The van der Waals surface area contributed by atoms with Crippen LogP contribution in [-0.4, -0.2) is 54.9 Å². The Bertz CT molecular complexity index is 1140. The van der Waals surface area contributed by atoms with Gasteiger partial charge < -0.3 is 9.67 Å². The minimum Gasteiger partial charge on any atom is -0.480 e. The van der Waals surface area contributed by atoms with Crippen LogP contribution in [0, 0.1) is 6.92 Å². The van der Waals surface area contributed by atoms with Crippen LogP contribution in [0.2, 0.25) is 5.02 Å². The van der Waals surface area contributed by atoms with Crippen LogP contribution in [0.4, 0.5) is 0 Å². The van der Waals surface area contributed by atoms with Crippen LogP contribution >= 0.6 is 11.6 Å². The summed E-state index contributed by atoms with van der Waals surface area (Å²) in [5.41, 5.74) is 0.0143. The van der Waals surface area contributed by atoms with Crippen LogP contribution in [0.15, 0.2) is 21.7 Å². The number of fused-ring (bicyclic) bond motifs is 2. The lowest BCUT2D eigenvalue weighted by molar-refractivity contribution is -0.142. The van der Waals surface area contributed by atoms with Crippen LogP contribution in [0.1, 0.15) is 11.6 Å². The molecule has 0 saturated carbocycles. The molecule has 0 aliphatic carbocycles. The fourth-order valence-electron chi connectivity index (χ4n) is 2.89. The van der Waals surface area contributed by atoms with Gasteiger partial charge in [-0.2, -0.15) is 4.31 Å². The van der Waals surface area contributed by atoms with Gasteiger partial charge in [0.25, 0.3) is 0 Å². The minimum absolute atomic E-state index is 0.0649. The van der Waals surface area contributed by atoms with Crippen molar-refractivity contribution in [2.75, 3.05) is 0 Å². The number of hydrogen-bond acceptors (Lipinski definition) is 8. The summed E-state index contributed by atoms with van der Waals surface area (Å²) in [5, 5.41) is 24.7.